The third-order valence-corrected chi connectivity index (χ3v) is 0.574. The average Bonchev–Trinajstić information content (AvgIpc) is 1.68. The van der Waals surface area contributed by atoms with Crippen LogP contribution in [0.1, 0.15) is 13.3 Å². The van der Waals surface area contributed by atoms with Crippen LogP contribution in [0.2, 0.25) is 0 Å². The van der Waals surface area contributed by atoms with Gasteiger partial charge in [-0.3, -0.25) is 0 Å². The van der Waals surface area contributed by atoms with Crippen LogP contribution < -0.4 is 24.0 Å². The molecule has 0 unspecified atom stereocenters. The van der Waals surface area contributed by atoms with Gasteiger partial charge in [-0.25, -0.2) is 0 Å². The van der Waals surface area contributed by atoms with Crippen molar-refractivity contribution in [3.05, 3.63) is 11.8 Å². The van der Waals surface area contributed by atoms with Gasteiger partial charge in [-0.1, -0.05) is 6.92 Å². The molecule has 8 heavy (non-hydrogen) atoms. The number of nitriles is 1. The molecule has 0 radical (unpaired) electrons. The smallest absolute Gasteiger partial charge is 0.875 e. The van der Waals surface area contributed by atoms with Crippen molar-refractivity contribution in [2.45, 2.75) is 13.3 Å². The van der Waals surface area contributed by atoms with Gasteiger partial charge in [-0.05, 0) is 6.42 Å². The largest absolute Gasteiger partial charge is 1.00 e. The van der Waals surface area contributed by atoms with Crippen molar-refractivity contribution >= 4 is 0 Å². The van der Waals surface area contributed by atoms with Crippen molar-refractivity contribution < 1.29 is 24.0 Å². The van der Waals surface area contributed by atoms with Gasteiger partial charge in [0.2, 0.25) is 0 Å². The van der Waals surface area contributed by atoms with Crippen molar-refractivity contribution in [3.63, 3.8) is 0 Å². The number of hydrogen-bond donors (Lipinski definition) is 0. The fourth-order valence-corrected chi connectivity index (χ4v) is 0.174. The second-order valence-corrected chi connectivity index (χ2v) is 1.09. The topological polar surface area (TPSA) is 46.8 Å². The van der Waals surface area contributed by atoms with Gasteiger partial charge >= 0.3 is 18.9 Å². The molecular formula is C5H6LiNO. The molecule has 0 bridgehead atoms. The quantitative estimate of drug-likeness (QED) is 0.204. The normalized spacial score (nSPS) is 9.25. The van der Waals surface area contributed by atoms with E-state index in [1.165, 1.54) is 0 Å². The molecule has 0 aliphatic carbocycles. The molecule has 0 saturated heterocycles. The molecular weight excluding hydrogens is 97.0 g/mol. The summed E-state index contributed by atoms with van der Waals surface area (Å²) >= 11 is 0. The van der Waals surface area contributed by atoms with Crippen LogP contribution in [0.5, 0.6) is 0 Å². The Balaban J connectivity index is 0. The molecule has 0 aromatic rings. The van der Waals surface area contributed by atoms with Gasteiger partial charge in [0.1, 0.15) is 0 Å². The predicted molar refractivity (Wildman–Crippen MR) is 24.0 cm³/mol. The first-order chi connectivity index (χ1) is 3.31. The van der Waals surface area contributed by atoms with E-state index in [1.54, 1.807) is 13.0 Å². The van der Waals surface area contributed by atoms with E-state index >= 15 is 0 Å². The first-order valence-electron chi connectivity index (χ1n) is 2.07. The van der Waals surface area contributed by atoms with Gasteiger partial charge in [0.15, 0.2) is 0 Å². The van der Waals surface area contributed by atoms with Crippen molar-refractivity contribution in [2.75, 3.05) is 0 Å². The molecule has 0 heterocycles. The fourth-order valence-electron chi connectivity index (χ4n) is 0.174. The van der Waals surface area contributed by atoms with Crippen LogP contribution in [0.3, 0.4) is 0 Å². The monoisotopic (exact) mass is 103 g/mol. The zero-order chi connectivity index (χ0) is 5.70. The summed E-state index contributed by atoms with van der Waals surface area (Å²) in [6.45, 7) is 1.72. The molecule has 0 aromatic carbocycles. The summed E-state index contributed by atoms with van der Waals surface area (Å²) in [5, 5.41) is 18.0. The third kappa shape index (κ3) is 5.63. The SMILES string of the molecule is CCC([O-])=CC#N.[Li+]. The molecule has 0 aliphatic rings. The Morgan fingerprint density at radius 3 is 2.50 bits per heavy atom. The molecule has 0 atom stereocenters. The molecule has 0 spiro atoms. The Morgan fingerprint density at radius 1 is 1.88 bits per heavy atom. The van der Waals surface area contributed by atoms with E-state index in [9.17, 15) is 5.11 Å². The van der Waals surface area contributed by atoms with Crippen LogP contribution in [0.25, 0.3) is 0 Å². The molecule has 0 rings (SSSR count). The minimum atomic E-state index is -0.109. The average molecular weight is 103 g/mol. The summed E-state index contributed by atoms with van der Waals surface area (Å²) in [4.78, 5) is 0. The van der Waals surface area contributed by atoms with E-state index in [4.69, 9.17) is 5.26 Å². The van der Waals surface area contributed by atoms with Gasteiger partial charge in [-0.15, -0.1) is 5.76 Å². The number of nitrogens with zero attached hydrogens (tertiary/aromatic N) is 1. The Morgan fingerprint density at radius 2 is 2.38 bits per heavy atom. The van der Waals surface area contributed by atoms with Gasteiger partial charge in [-0.2, -0.15) is 5.26 Å². The van der Waals surface area contributed by atoms with Gasteiger partial charge in [0, 0.05) is 6.08 Å². The summed E-state index contributed by atoms with van der Waals surface area (Å²) in [6, 6.07) is 1.64. The minimum absolute atomic E-state index is 0. The summed E-state index contributed by atoms with van der Waals surface area (Å²) < 4.78 is 0. The van der Waals surface area contributed by atoms with Crippen LogP contribution in [0, 0.1) is 11.3 Å². The van der Waals surface area contributed by atoms with E-state index in [0.717, 1.165) is 6.08 Å². The standard InChI is InChI=1S/C5H7NO.Li/c1-2-5(7)3-4-6;/h3,7H,2H2,1H3;/q;+1/p-1. The second kappa shape index (κ2) is 6.63. The zero-order valence-corrected chi connectivity index (χ0v) is 5.14. The van der Waals surface area contributed by atoms with Gasteiger partial charge < -0.3 is 5.11 Å². The molecule has 0 amide bonds. The van der Waals surface area contributed by atoms with E-state index in [-0.39, 0.29) is 24.6 Å². The molecule has 2 nitrogen and oxygen atoms in total. The number of rotatable bonds is 1. The molecule has 0 aliphatic heterocycles. The maximum atomic E-state index is 10.1. The summed E-state index contributed by atoms with van der Waals surface area (Å²) in [7, 11) is 0. The molecule has 0 fully saturated rings. The van der Waals surface area contributed by atoms with Crippen molar-refractivity contribution in [1.29, 1.82) is 5.26 Å². The van der Waals surface area contributed by atoms with E-state index in [0.29, 0.717) is 6.42 Å². The van der Waals surface area contributed by atoms with Crippen LogP contribution in [0.4, 0.5) is 0 Å². The van der Waals surface area contributed by atoms with Crippen LogP contribution >= 0.6 is 0 Å². The van der Waals surface area contributed by atoms with Crippen molar-refractivity contribution in [1.82, 2.24) is 0 Å². The first-order valence-corrected chi connectivity index (χ1v) is 2.07. The summed E-state index contributed by atoms with van der Waals surface area (Å²) in [5.74, 6) is -0.109. The van der Waals surface area contributed by atoms with Crippen LogP contribution in [-0.2, 0) is 0 Å². The first kappa shape index (κ1) is 10.6. The Bertz CT molecular complexity index is 114. The summed E-state index contributed by atoms with van der Waals surface area (Å²) in [5.41, 5.74) is 0. The van der Waals surface area contributed by atoms with Crippen LogP contribution in [0.15, 0.2) is 11.8 Å². The summed E-state index contributed by atoms with van der Waals surface area (Å²) in [6.07, 6.45) is 1.44. The van der Waals surface area contributed by atoms with Gasteiger partial charge in [0.05, 0.1) is 6.07 Å². The molecule has 0 aromatic heterocycles. The predicted octanol–water partition coefficient (Wildman–Crippen LogP) is -2.83. The molecule has 3 heteroatoms. The zero-order valence-electron chi connectivity index (χ0n) is 5.14. The Kier molecular flexibility index (Phi) is 8.76. The molecule has 0 saturated carbocycles. The number of hydrogen-bond acceptors (Lipinski definition) is 2. The van der Waals surface area contributed by atoms with Crippen LogP contribution in [-0.4, -0.2) is 0 Å². The second-order valence-electron chi connectivity index (χ2n) is 1.09. The van der Waals surface area contributed by atoms with Gasteiger partial charge in [0.25, 0.3) is 0 Å². The maximum Gasteiger partial charge on any atom is 1.00 e. The van der Waals surface area contributed by atoms with Crippen molar-refractivity contribution in [2.24, 2.45) is 0 Å². The van der Waals surface area contributed by atoms with E-state index < -0.39 is 0 Å². The third-order valence-electron chi connectivity index (χ3n) is 0.574. The van der Waals surface area contributed by atoms with E-state index in [2.05, 4.69) is 0 Å². The fraction of sp³-hybridized carbons (Fsp3) is 0.400. The molecule has 38 valence electrons. The number of allylic oxidation sites excluding steroid dienone is 2. The maximum absolute atomic E-state index is 10.1. The van der Waals surface area contributed by atoms with Crippen molar-refractivity contribution in [3.8, 4) is 6.07 Å². The Labute approximate surface area is 61.0 Å². The molecule has 0 N–H and O–H groups in total. The van der Waals surface area contributed by atoms with E-state index in [1.807, 2.05) is 0 Å². The minimum Gasteiger partial charge on any atom is -0.875 e. The Hall–Kier alpha value is -0.373.